The number of hydrogen-bond acceptors (Lipinski definition) is 3. The molecule has 6 nitrogen and oxygen atoms in total. The summed E-state index contributed by atoms with van der Waals surface area (Å²) in [5.41, 5.74) is 5.80. The van der Waals surface area contributed by atoms with Gasteiger partial charge in [0.2, 0.25) is 0 Å². The molecule has 0 fully saturated rings. The molecule has 0 saturated heterocycles. The van der Waals surface area contributed by atoms with Crippen molar-refractivity contribution >= 4 is 29.0 Å². The molecule has 0 radical (unpaired) electrons. The largest absolute Gasteiger partial charge is 0.377 e. The van der Waals surface area contributed by atoms with E-state index in [9.17, 15) is 9.59 Å². The fraction of sp³-hybridized carbons (Fsp3) is 0.200. The fourth-order valence-corrected chi connectivity index (χ4v) is 3.17. The van der Waals surface area contributed by atoms with Gasteiger partial charge in [-0.25, -0.2) is 4.79 Å². The lowest BCUT2D eigenvalue weighted by molar-refractivity contribution is 0.0951. The van der Waals surface area contributed by atoms with Crippen molar-refractivity contribution in [3.63, 3.8) is 0 Å². The van der Waals surface area contributed by atoms with E-state index in [-0.39, 0.29) is 11.9 Å². The number of benzene rings is 3. The number of carbonyl (C=O) groups is 2. The quantitative estimate of drug-likeness (QED) is 0.533. The lowest BCUT2D eigenvalue weighted by Crippen LogP contribution is -2.26. The van der Waals surface area contributed by atoms with Crippen LogP contribution in [0.3, 0.4) is 0 Å². The number of urea groups is 1. The molecule has 0 aliphatic carbocycles. The standard InChI is InChI=1S/C25H28N4O2/c1-17-10-11-20(14-18(17)2)27-25(31)28-21-12-13-23(29(3)4)22(15-21)24(30)26-16-19-8-6-5-7-9-19/h5-15H,16H2,1-4H3,(H,26,30)(H2,27,28,31). The summed E-state index contributed by atoms with van der Waals surface area (Å²) in [6.45, 7) is 4.45. The van der Waals surface area contributed by atoms with Crippen molar-refractivity contribution in [2.75, 3.05) is 29.6 Å². The van der Waals surface area contributed by atoms with Crippen LogP contribution in [0.25, 0.3) is 0 Å². The van der Waals surface area contributed by atoms with Crippen LogP contribution in [0.15, 0.2) is 66.7 Å². The van der Waals surface area contributed by atoms with Crippen LogP contribution in [-0.4, -0.2) is 26.0 Å². The molecule has 3 aromatic carbocycles. The van der Waals surface area contributed by atoms with Gasteiger partial charge in [0.25, 0.3) is 5.91 Å². The van der Waals surface area contributed by atoms with Crippen LogP contribution < -0.4 is 20.9 Å². The molecule has 0 atom stereocenters. The average molecular weight is 417 g/mol. The second-order valence-corrected chi connectivity index (χ2v) is 7.67. The van der Waals surface area contributed by atoms with E-state index in [0.29, 0.717) is 23.5 Å². The molecular formula is C25H28N4O2. The van der Waals surface area contributed by atoms with Gasteiger partial charge in [-0.05, 0) is 60.9 Å². The normalized spacial score (nSPS) is 10.3. The van der Waals surface area contributed by atoms with E-state index in [0.717, 1.165) is 22.4 Å². The summed E-state index contributed by atoms with van der Waals surface area (Å²) in [6.07, 6.45) is 0. The molecule has 0 aliphatic heterocycles. The average Bonchev–Trinajstić information content (AvgIpc) is 2.75. The van der Waals surface area contributed by atoms with Gasteiger partial charge in [-0.1, -0.05) is 36.4 Å². The first-order valence-electron chi connectivity index (χ1n) is 10.1. The Bertz CT molecular complexity index is 1080. The molecule has 0 saturated carbocycles. The van der Waals surface area contributed by atoms with E-state index in [4.69, 9.17) is 0 Å². The third-order valence-electron chi connectivity index (χ3n) is 5.04. The van der Waals surface area contributed by atoms with Gasteiger partial charge in [-0.15, -0.1) is 0 Å². The minimum atomic E-state index is -0.364. The summed E-state index contributed by atoms with van der Waals surface area (Å²) in [5, 5.41) is 8.59. The van der Waals surface area contributed by atoms with Crippen molar-refractivity contribution < 1.29 is 9.59 Å². The lowest BCUT2D eigenvalue weighted by Gasteiger charge is -2.19. The van der Waals surface area contributed by atoms with Gasteiger partial charge in [0, 0.05) is 37.7 Å². The lowest BCUT2D eigenvalue weighted by atomic mass is 10.1. The van der Waals surface area contributed by atoms with Crippen LogP contribution in [0.1, 0.15) is 27.0 Å². The summed E-state index contributed by atoms with van der Waals surface area (Å²) < 4.78 is 0. The first-order chi connectivity index (χ1) is 14.8. The van der Waals surface area contributed by atoms with Crippen LogP contribution in [0.4, 0.5) is 21.9 Å². The molecule has 0 unspecified atom stereocenters. The third-order valence-corrected chi connectivity index (χ3v) is 5.04. The van der Waals surface area contributed by atoms with Crippen molar-refractivity contribution in [2.45, 2.75) is 20.4 Å². The fourth-order valence-electron chi connectivity index (χ4n) is 3.17. The number of rotatable bonds is 6. The second-order valence-electron chi connectivity index (χ2n) is 7.67. The molecule has 0 aromatic heterocycles. The number of nitrogens with one attached hydrogen (secondary N) is 3. The zero-order valence-corrected chi connectivity index (χ0v) is 18.3. The Hall–Kier alpha value is -3.80. The predicted molar refractivity (Wildman–Crippen MR) is 127 cm³/mol. The topological polar surface area (TPSA) is 73.5 Å². The molecule has 0 aliphatic rings. The molecule has 3 aromatic rings. The van der Waals surface area contributed by atoms with E-state index >= 15 is 0 Å². The summed E-state index contributed by atoms with van der Waals surface area (Å²) >= 11 is 0. The molecule has 0 bridgehead atoms. The summed E-state index contributed by atoms with van der Waals surface area (Å²) in [4.78, 5) is 27.2. The van der Waals surface area contributed by atoms with Crippen molar-refractivity contribution in [1.29, 1.82) is 0 Å². The minimum absolute atomic E-state index is 0.203. The highest BCUT2D eigenvalue weighted by Crippen LogP contribution is 2.23. The first kappa shape index (κ1) is 21.9. The van der Waals surface area contributed by atoms with Crippen LogP contribution >= 0.6 is 0 Å². The van der Waals surface area contributed by atoms with Gasteiger partial charge in [0.1, 0.15) is 0 Å². The molecule has 3 rings (SSSR count). The Kier molecular flexibility index (Phi) is 6.92. The molecule has 0 spiro atoms. The maximum Gasteiger partial charge on any atom is 0.323 e. The zero-order chi connectivity index (χ0) is 22.4. The highest BCUT2D eigenvalue weighted by atomic mass is 16.2. The molecule has 3 amide bonds. The number of amides is 3. The molecular weight excluding hydrogens is 388 g/mol. The van der Waals surface area contributed by atoms with Gasteiger partial charge in [-0.2, -0.15) is 0 Å². The van der Waals surface area contributed by atoms with E-state index in [1.54, 1.807) is 12.1 Å². The Labute approximate surface area is 183 Å². The number of anilines is 3. The van der Waals surface area contributed by atoms with Crippen LogP contribution in [0.2, 0.25) is 0 Å². The van der Waals surface area contributed by atoms with Gasteiger partial charge < -0.3 is 20.9 Å². The smallest absolute Gasteiger partial charge is 0.323 e. The van der Waals surface area contributed by atoms with E-state index in [1.807, 2.05) is 87.4 Å². The molecule has 31 heavy (non-hydrogen) atoms. The monoisotopic (exact) mass is 416 g/mol. The first-order valence-corrected chi connectivity index (χ1v) is 10.1. The van der Waals surface area contributed by atoms with Crippen molar-refractivity contribution in [1.82, 2.24) is 5.32 Å². The summed E-state index contributed by atoms with van der Waals surface area (Å²) in [6, 6.07) is 20.4. The number of nitrogens with zero attached hydrogens (tertiary/aromatic N) is 1. The molecule has 6 heteroatoms. The van der Waals surface area contributed by atoms with Crippen molar-refractivity contribution in [3.05, 3.63) is 89.0 Å². The maximum atomic E-state index is 12.9. The van der Waals surface area contributed by atoms with Gasteiger partial charge in [0.05, 0.1) is 5.56 Å². The van der Waals surface area contributed by atoms with Crippen molar-refractivity contribution in [3.8, 4) is 0 Å². The molecule has 0 heterocycles. The minimum Gasteiger partial charge on any atom is -0.377 e. The highest BCUT2D eigenvalue weighted by molar-refractivity contribution is 6.04. The number of aryl methyl sites for hydroxylation is 2. The number of carbonyl (C=O) groups excluding carboxylic acids is 2. The van der Waals surface area contributed by atoms with E-state index in [1.165, 1.54) is 0 Å². The predicted octanol–water partition coefficient (Wildman–Crippen LogP) is 4.94. The van der Waals surface area contributed by atoms with E-state index < -0.39 is 0 Å². The summed E-state index contributed by atoms with van der Waals surface area (Å²) in [5.74, 6) is -0.203. The van der Waals surface area contributed by atoms with Gasteiger partial charge in [0.15, 0.2) is 0 Å². The Morgan fingerprint density at radius 2 is 1.45 bits per heavy atom. The SMILES string of the molecule is Cc1ccc(NC(=O)Nc2ccc(N(C)C)c(C(=O)NCc3ccccc3)c2)cc1C. The summed E-state index contributed by atoms with van der Waals surface area (Å²) in [7, 11) is 3.76. The number of hydrogen-bond donors (Lipinski definition) is 3. The van der Waals surface area contributed by atoms with Crippen LogP contribution in [0, 0.1) is 13.8 Å². The van der Waals surface area contributed by atoms with Crippen molar-refractivity contribution in [2.24, 2.45) is 0 Å². The van der Waals surface area contributed by atoms with Gasteiger partial charge >= 0.3 is 6.03 Å². The Balaban J connectivity index is 1.73. The Morgan fingerprint density at radius 3 is 2.10 bits per heavy atom. The molecule has 160 valence electrons. The third kappa shape index (κ3) is 5.85. The molecule has 3 N–H and O–H groups in total. The van der Waals surface area contributed by atoms with Crippen LogP contribution in [-0.2, 0) is 6.54 Å². The van der Waals surface area contributed by atoms with E-state index in [2.05, 4.69) is 16.0 Å². The zero-order valence-electron chi connectivity index (χ0n) is 18.3. The Morgan fingerprint density at radius 1 is 0.806 bits per heavy atom. The highest BCUT2D eigenvalue weighted by Gasteiger charge is 2.15. The maximum absolute atomic E-state index is 12.9. The van der Waals surface area contributed by atoms with Crippen LogP contribution in [0.5, 0.6) is 0 Å². The van der Waals surface area contributed by atoms with Gasteiger partial charge in [-0.3, -0.25) is 4.79 Å². The second kappa shape index (κ2) is 9.80.